The monoisotopic (exact) mass is 232 g/mol. The molecule has 6 heteroatoms. The van der Waals surface area contributed by atoms with E-state index in [1.54, 1.807) is 30.5 Å². The van der Waals surface area contributed by atoms with Gasteiger partial charge in [-0.3, -0.25) is 10.4 Å². The normalized spacial score (nSPS) is 9.94. The standard InChI is InChI=1S/C11H12N4O2/c12-6-8-7-13-15-10(8)14-11(16)17-9-4-2-1-3-5-9/h1-5,7H,6,12H2,(H2,13,14,15,16). The number of H-pyrrole nitrogens is 1. The lowest BCUT2D eigenvalue weighted by molar-refractivity contribution is 0.215. The predicted molar refractivity (Wildman–Crippen MR) is 62.6 cm³/mol. The van der Waals surface area contributed by atoms with Crippen LogP contribution in [0.25, 0.3) is 0 Å². The highest BCUT2D eigenvalue weighted by atomic mass is 16.6. The van der Waals surface area contributed by atoms with E-state index in [1.165, 1.54) is 0 Å². The molecule has 2 aromatic rings. The molecule has 1 amide bonds. The number of nitrogens with two attached hydrogens (primary N) is 1. The first-order valence-corrected chi connectivity index (χ1v) is 5.06. The average Bonchev–Trinajstić information content (AvgIpc) is 2.77. The summed E-state index contributed by atoms with van der Waals surface area (Å²) in [4.78, 5) is 11.5. The molecule has 6 nitrogen and oxygen atoms in total. The van der Waals surface area contributed by atoms with Gasteiger partial charge in [-0.25, -0.2) is 4.79 Å². The number of aromatic amines is 1. The predicted octanol–water partition coefficient (Wildman–Crippen LogP) is 1.48. The van der Waals surface area contributed by atoms with Crippen molar-refractivity contribution in [1.29, 1.82) is 0 Å². The number of carbonyl (C=O) groups is 1. The summed E-state index contributed by atoms with van der Waals surface area (Å²) in [6.07, 6.45) is 0.966. The van der Waals surface area contributed by atoms with Crippen molar-refractivity contribution in [1.82, 2.24) is 10.2 Å². The zero-order chi connectivity index (χ0) is 12.1. The highest BCUT2D eigenvalue weighted by Gasteiger charge is 2.09. The third-order valence-corrected chi connectivity index (χ3v) is 2.12. The first kappa shape index (κ1) is 11.2. The number of hydrogen-bond acceptors (Lipinski definition) is 4. The van der Waals surface area contributed by atoms with E-state index in [1.807, 2.05) is 6.07 Å². The van der Waals surface area contributed by atoms with Crippen LogP contribution < -0.4 is 15.8 Å². The van der Waals surface area contributed by atoms with Crippen molar-refractivity contribution in [3.63, 3.8) is 0 Å². The molecular formula is C11H12N4O2. The fraction of sp³-hybridized carbons (Fsp3) is 0.0909. The molecule has 0 aliphatic rings. The van der Waals surface area contributed by atoms with Gasteiger partial charge in [0.2, 0.25) is 0 Å². The van der Waals surface area contributed by atoms with Crippen molar-refractivity contribution in [2.24, 2.45) is 5.73 Å². The van der Waals surface area contributed by atoms with Crippen LogP contribution in [-0.2, 0) is 6.54 Å². The van der Waals surface area contributed by atoms with Gasteiger partial charge in [-0.1, -0.05) is 18.2 Å². The van der Waals surface area contributed by atoms with Crippen LogP contribution in [0.3, 0.4) is 0 Å². The molecule has 0 spiro atoms. The van der Waals surface area contributed by atoms with Gasteiger partial charge in [-0.2, -0.15) is 5.10 Å². The number of rotatable bonds is 3. The summed E-state index contributed by atoms with van der Waals surface area (Å²) in [5, 5.41) is 8.94. The molecule has 1 aromatic carbocycles. The summed E-state index contributed by atoms with van der Waals surface area (Å²) >= 11 is 0. The minimum absolute atomic E-state index is 0.289. The first-order valence-electron chi connectivity index (χ1n) is 5.06. The summed E-state index contributed by atoms with van der Waals surface area (Å²) in [7, 11) is 0. The van der Waals surface area contributed by atoms with Crippen molar-refractivity contribution in [3.05, 3.63) is 42.1 Å². The first-order chi connectivity index (χ1) is 8.29. The lowest BCUT2D eigenvalue weighted by Gasteiger charge is -2.05. The highest BCUT2D eigenvalue weighted by molar-refractivity contribution is 5.85. The second-order valence-corrected chi connectivity index (χ2v) is 3.30. The fourth-order valence-corrected chi connectivity index (χ4v) is 1.30. The Bertz CT molecular complexity index is 495. The Morgan fingerprint density at radius 1 is 1.41 bits per heavy atom. The Kier molecular flexibility index (Phi) is 3.37. The Morgan fingerprint density at radius 3 is 2.88 bits per heavy atom. The van der Waals surface area contributed by atoms with E-state index >= 15 is 0 Å². The van der Waals surface area contributed by atoms with Gasteiger partial charge in [-0.15, -0.1) is 0 Å². The number of nitrogens with one attached hydrogen (secondary N) is 2. The molecule has 0 saturated heterocycles. The largest absolute Gasteiger partial charge is 0.418 e. The molecule has 0 bridgehead atoms. The molecule has 0 radical (unpaired) electrons. The number of hydrogen-bond donors (Lipinski definition) is 3. The second kappa shape index (κ2) is 5.13. The average molecular weight is 232 g/mol. The Hall–Kier alpha value is -2.34. The van der Waals surface area contributed by atoms with Crippen LogP contribution in [0.2, 0.25) is 0 Å². The van der Waals surface area contributed by atoms with E-state index in [0.29, 0.717) is 11.6 Å². The molecular weight excluding hydrogens is 220 g/mol. The number of carbonyl (C=O) groups excluding carboxylic acids is 1. The van der Waals surface area contributed by atoms with Gasteiger partial charge < -0.3 is 10.5 Å². The second-order valence-electron chi connectivity index (χ2n) is 3.30. The molecule has 17 heavy (non-hydrogen) atoms. The number of ether oxygens (including phenoxy) is 1. The summed E-state index contributed by atoms with van der Waals surface area (Å²) < 4.78 is 5.05. The molecule has 0 saturated carbocycles. The maximum absolute atomic E-state index is 11.5. The number of aromatic nitrogens is 2. The van der Waals surface area contributed by atoms with Gasteiger partial charge in [0.1, 0.15) is 11.6 Å². The molecule has 1 heterocycles. The topological polar surface area (TPSA) is 93.0 Å². The molecule has 1 aromatic heterocycles. The summed E-state index contributed by atoms with van der Waals surface area (Å²) in [5.74, 6) is 0.923. The van der Waals surface area contributed by atoms with Crippen LogP contribution in [0.4, 0.5) is 10.6 Å². The van der Waals surface area contributed by atoms with Gasteiger partial charge in [0, 0.05) is 12.1 Å². The van der Waals surface area contributed by atoms with Crippen LogP contribution >= 0.6 is 0 Å². The summed E-state index contributed by atoms with van der Waals surface area (Å²) in [6, 6.07) is 8.78. The zero-order valence-electron chi connectivity index (χ0n) is 9.01. The number of amides is 1. The van der Waals surface area contributed by atoms with Crippen molar-refractivity contribution < 1.29 is 9.53 Å². The minimum Gasteiger partial charge on any atom is -0.410 e. The van der Waals surface area contributed by atoms with Gasteiger partial charge in [0.15, 0.2) is 0 Å². The van der Waals surface area contributed by atoms with E-state index in [0.717, 1.165) is 5.56 Å². The maximum atomic E-state index is 11.5. The van der Waals surface area contributed by atoms with E-state index in [2.05, 4.69) is 15.5 Å². The molecule has 2 rings (SSSR count). The molecule has 0 aliphatic heterocycles. The molecule has 88 valence electrons. The Morgan fingerprint density at radius 2 is 2.18 bits per heavy atom. The summed E-state index contributed by atoms with van der Waals surface area (Å²) in [6.45, 7) is 0.289. The number of nitrogens with zero attached hydrogens (tertiary/aromatic N) is 1. The van der Waals surface area contributed by atoms with E-state index < -0.39 is 6.09 Å². The number of para-hydroxylation sites is 1. The molecule has 4 N–H and O–H groups in total. The third kappa shape index (κ3) is 2.82. The quantitative estimate of drug-likeness (QED) is 0.747. The van der Waals surface area contributed by atoms with Crippen LogP contribution in [0.1, 0.15) is 5.56 Å². The summed E-state index contributed by atoms with van der Waals surface area (Å²) in [5.41, 5.74) is 6.19. The maximum Gasteiger partial charge on any atom is 0.418 e. The van der Waals surface area contributed by atoms with Crippen molar-refractivity contribution in [2.75, 3.05) is 5.32 Å². The van der Waals surface area contributed by atoms with Gasteiger partial charge >= 0.3 is 6.09 Å². The van der Waals surface area contributed by atoms with Crippen LogP contribution in [0.15, 0.2) is 36.5 Å². The number of anilines is 1. The molecule has 0 atom stereocenters. The van der Waals surface area contributed by atoms with E-state index in [4.69, 9.17) is 10.5 Å². The van der Waals surface area contributed by atoms with Gasteiger partial charge in [-0.05, 0) is 12.1 Å². The van der Waals surface area contributed by atoms with Crippen LogP contribution in [0, 0.1) is 0 Å². The highest BCUT2D eigenvalue weighted by Crippen LogP contribution is 2.12. The molecule has 0 aliphatic carbocycles. The van der Waals surface area contributed by atoms with E-state index in [-0.39, 0.29) is 6.54 Å². The van der Waals surface area contributed by atoms with E-state index in [9.17, 15) is 4.79 Å². The lowest BCUT2D eigenvalue weighted by atomic mass is 10.3. The van der Waals surface area contributed by atoms with Crippen LogP contribution in [0.5, 0.6) is 5.75 Å². The lowest BCUT2D eigenvalue weighted by Crippen LogP contribution is -2.18. The SMILES string of the molecule is NCc1cn[nH]c1NC(=O)Oc1ccccc1. The zero-order valence-corrected chi connectivity index (χ0v) is 9.01. The van der Waals surface area contributed by atoms with Crippen molar-refractivity contribution in [3.8, 4) is 5.75 Å². The third-order valence-electron chi connectivity index (χ3n) is 2.12. The van der Waals surface area contributed by atoms with Gasteiger partial charge in [0.25, 0.3) is 0 Å². The Labute approximate surface area is 97.8 Å². The smallest absolute Gasteiger partial charge is 0.410 e. The van der Waals surface area contributed by atoms with Crippen molar-refractivity contribution in [2.45, 2.75) is 6.54 Å². The minimum atomic E-state index is -0.588. The van der Waals surface area contributed by atoms with Crippen LogP contribution in [-0.4, -0.2) is 16.3 Å². The van der Waals surface area contributed by atoms with Gasteiger partial charge in [0.05, 0.1) is 6.20 Å². The Balaban J connectivity index is 1.98. The molecule has 0 unspecified atom stereocenters. The van der Waals surface area contributed by atoms with Crippen molar-refractivity contribution >= 4 is 11.9 Å². The number of benzene rings is 1. The molecule has 0 fully saturated rings. The fourth-order valence-electron chi connectivity index (χ4n) is 1.30.